The van der Waals surface area contributed by atoms with Gasteiger partial charge in [0.2, 0.25) is 0 Å². The molecule has 4 heteroatoms. The smallest absolute Gasteiger partial charge is 0.308 e. The number of carbonyl (C=O) groups excluding carboxylic acids is 2. The lowest BCUT2D eigenvalue weighted by molar-refractivity contribution is -0.148. The summed E-state index contributed by atoms with van der Waals surface area (Å²) in [4.78, 5) is 22.2. The van der Waals surface area contributed by atoms with Gasteiger partial charge in [0.15, 0.2) is 0 Å². The Balaban J connectivity index is 3.97. The summed E-state index contributed by atoms with van der Waals surface area (Å²) in [6.45, 7) is 3.94. The molecule has 0 aromatic rings. The van der Waals surface area contributed by atoms with E-state index in [1.807, 2.05) is 13.8 Å². The first-order valence-electron chi connectivity index (χ1n) is 5.17. The second kappa shape index (κ2) is 7.26. The number of rotatable bonds is 6. The van der Waals surface area contributed by atoms with Crippen LogP contribution >= 0.6 is 0 Å². The summed E-state index contributed by atoms with van der Waals surface area (Å²) >= 11 is 0. The first kappa shape index (κ1) is 13.9. The van der Waals surface area contributed by atoms with Gasteiger partial charge in [-0.25, -0.2) is 0 Å². The zero-order chi connectivity index (χ0) is 11.8. The molecule has 1 atom stereocenters. The Kier molecular flexibility index (Phi) is 6.75. The molecule has 0 fully saturated rings. The molecule has 0 spiro atoms. The Morgan fingerprint density at radius 1 is 1.13 bits per heavy atom. The third-order valence-corrected chi connectivity index (χ3v) is 2.43. The Morgan fingerprint density at radius 2 is 1.73 bits per heavy atom. The lowest BCUT2D eigenvalue weighted by atomic mass is 9.91. The molecule has 15 heavy (non-hydrogen) atoms. The largest absolute Gasteiger partial charge is 0.469 e. The lowest BCUT2D eigenvalue weighted by Gasteiger charge is -2.17. The second-order valence-electron chi connectivity index (χ2n) is 3.84. The molecule has 0 saturated carbocycles. The number of hydrogen-bond acceptors (Lipinski definition) is 4. The van der Waals surface area contributed by atoms with Crippen molar-refractivity contribution in [3.63, 3.8) is 0 Å². The summed E-state index contributed by atoms with van der Waals surface area (Å²) in [6, 6.07) is 0. The molecule has 0 aliphatic heterocycles. The Morgan fingerprint density at radius 3 is 2.13 bits per heavy atom. The van der Waals surface area contributed by atoms with E-state index < -0.39 is 0 Å². The number of methoxy groups -OCH3 is 2. The van der Waals surface area contributed by atoms with Crippen molar-refractivity contribution in [2.75, 3.05) is 14.2 Å². The van der Waals surface area contributed by atoms with Crippen molar-refractivity contribution >= 4 is 11.9 Å². The van der Waals surface area contributed by atoms with Crippen LogP contribution in [0.2, 0.25) is 0 Å². The van der Waals surface area contributed by atoms with E-state index in [-0.39, 0.29) is 23.8 Å². The van der Waals surface area contributed by atoms with Gasteiger partial charge in [-0.3, -0.25) is 9.59 Å². The van der Waals surface area contributed by atoms with Crippen molar-refractivity contribution in [2.24, 2.45) is 11.8 Å². The molecule has 0 aromatic carbocycles. The molecule has 0 radical (unpaired) electrons. The Bertz CT molecular complexity index is 211. The van der Waals surface area contributed by atoms with Crippen molar-refractivity contribution in [1.82, 2.24) is 0 Å². The van der Waals surface area contributed by atoms with E-state index in [9.17, 15) is 9.59 Å². The fourth-order valence-electron chi connectivity index (χ4n) is 1.44. The summed E-state index contributed by atoms with van der Waals surface area (Å²) in [5.74, 6) is -0.327. The standard InChI is InChI=1S/C11H20O4/c1-8(2)9(11(13)15-4)6-5-7-10(12)14-3/h8-9H,5-7H2,1-4H3. The molecule has 1 unspecified atom stereocenters. The molecule has 0 aliphatic rings. The highest BCUT2D eigenvalue weighted by Crippen LogP contribution is 2.19. The molecular formula is C11H20O4. The maximum absolute atomic E-state index is 11.4. The Hall–Kier alpha value is -1.06. The first-order valence-corrected chi connectivity index (χ1v) is 5.17. The van der Waals surface area contributed by atoms with Crippen LogP contribution in [0.3, 0.4) is 0 Å². The molecule has 0 aromatic heterocycles. The molecule has 0 aliphatic carbocycles. The van der Waals surface area contributed by atoms with E-state index in [0.717, 1.165) is 0 Å². The van der Waals surface area contributed by atoms with Crippen molar-refractivity contribution in [1.29, 1.82) is 0 Å². The highest BCUT2D eigenvalue weighted by Gasteiger charge is 2.22. The minimum atomic E-state index is -0.234. The zero-order valence-electron chi connectivity index (χ0n) is 9.91. The molecule has 0 rings (SSSR count). The summed E-state index contributed by atoms with van der Waals surface area (Å²) in [6.07, 6.45) is 1.68. The molecule has 0 N–H and O–H groups in total. The van der Waals surface area contributed by atoms with Gasteiger partial charge in [-0.2, -0.15) is 0 Å². The van der Waals surface area contributed by atoms with Gasteiger partial charge in [0.1, 0.15) is 0 Å². The second-order valence-corrected chi connectivity index (χ2v) is 3.84. The van der Waals surface area contributed by atoms with Gasteiger partial charge in [-0.05, 0) is 18.8 Å². The molecule has 0 bridgehead atoms. The van der Waals surface area contributed by atoms with Crippen LogP contribution < -0.4 is 0 Å². The van der Waals surface area contributed by atoms with Gasteiger partial charge in [-0.15, -0.1) is 0 Å². The normalized spacial score (nSPS) is 12.3. The highest BCUT2D eigenvalue weighted by molar-refractivity contribution is 5.72. The van der Waals surface area contributed by atoms with Crippen LogP contribution in [-0.4, -0.2) is 26.2 Å². The maximum atomic E-state index is 11.4. The van der Waals surface area contributed by atoms with Crippen LogP contribution in [-0.2, 0) is 19.1 Å². The van der Waals surface area contributed by atoms with Gasteiger partial charge in [-0.1, -0.05) is 13.8 Å². The number of hydrogen-bond donors (Lipinski definition) is 0. The van der Waals surface area contributed by atoms with E-state index in [1.54, 1.807) is 0 Å². The topological polar surface area (TPSA) is 52.6 Å². The van der Waals surface area contributed by atoms with Gasteiger partial charge < -0.3 is 9.47 Å². The van der Waals surface area contributed by atoms with Crippen molar-refractivity contribution in [3.05, 3.63) is 0 Å². The SMILES string of the molecule is COC(=O)CCCC(C(=O)OC)C(C)C. The van der Waals surface area contributed by atoms with Crippen molar-refractivity contribution in [2.45, 2.75) is 33.1 Å². The number of esters is 2. The predicted octanol–water partition coefficient (Wildman–Crippen LogP) is 1.77. The molecule has 88 valence electrons. The number of carbonyl (C=O) groups is 2. The quantitative estimate of drug-likeness (QED) is 0.635. The summed E-state index contributed by atoms with van der Waals surface area (Å²) in [7, 11) is 2.75. The van der Waals surface area contributed by atoms with Crippen LogP contribution in [0.5, 0.6) is 0 Å². The summed E-state index contributed by atoms with van der Waals surface area (Å²) in [5.41, 5.74) is 0. The first-order chi connectivity index (χ1) is 7.02. The predicted molar refractivity (Wildman–Crippen MR) is 56.2 cm³/mol. The molecule has 4 nitrogen and oxygen atoms in total. The van der Waals surface area contributed by atoms with E-state index >= 15 is 0 Å². The summed E-state index contributed by atoms with van der Waals surface area (Å²) < 4.78 is 9.23. The van der Waals surface area contributed by atoms with Crippen molar-refractivity contribution in [3.8, 4) is 0 Å². The van der Waals surface area contributed by atoms with Gasteiger partial charge in [0.05, 0.1) is 20.1 Å². The lowest BCUT2D eigenvalue weighted by Crippen LogP contribution is -2.21. The average Bonchev–Trinajstić information content (AvgIpc) is 2.22. The summed E-state index contributed by atoms with van der Waals surface area (Å²) in [5, 5.41) is 0. The minimum Gasteiger partial charge on any atom is -0.469 e. The zero-order valence-corrected chi connectivity index (χ0v) is 9.91. The van der Waals surface area contributed by atoms with E-state index in [0.29, 0.717) is 19.3 Å². The molecule has 0 amide bonds. The van der Waals surface area contributed by atoms with Crippen molar-refractivity contribution < 1.29 is 19.1 Å². The minimum absolute atomic E-state index is 0.125. The third-order valence-electron chi connectivity index (χ3n) is 2.43. The number of ether oxygens (including phenoxy) is 2. The van der Waals surface area contributed by atoms with E-state index in [4.69, 9.17) is 4.74 Å². The van der Waals surface area contributed by atoms with Crippen LogP contribution in [0.4, 0.5) is 0 Å². The van der Waals surface area contributed by atoms with Crippen LogP contribution in [0, 0.1) is 11.8 Å². The van der Waals surface area contributed by atoms with Gasteiger partial charge in [0.25, 0.3) is 0 Å². The van der Waals surface area contributed by atoms with Gasteiger partial charge in [0, 0.05) is 6.42 Å². The Labute approximate surface area is 90.9 Å². The molecule has 0 saturated heterocycles. The molecular weight excluding hydrogens is 196 g/mol. The fraction of sp³-hybridized carbons (Fsp3) is 0.818. The van der Waals surface area contributed by atoms with E-state index in [1.165, 1.54) is 14.2 Å². The molecule has 0 heterocycles. The van der Waals surface area contributed by atoms with Crippen LogP contribution in [0.1, 0.15) is 33.1 Å². The fourth-order valence-corrected chi connectivity index (χ4v) is 1.44. The van der Waals surface area contributed by atoms with Crippen LogP contribution in [0.15, 0.2) is 0 Å². The maximum Gasteiger partial charge on any atom is 0.308 e. The van der Waals surface area contributed by atoms with Crippen LogP contribution in [0.25, 0.3) is 0 Å². The average molecular weight is 216 g/mol. The van der Waals surface area contributed by atoms with Gasteiger partial charge >= 0.3 is 11.9 Å². The highest BCUT2D eigenvalue weighted by atomic mass is 16.5. The monoisotopic (exact) mass is 216 g/mol. The van der Waals surface area contributed by atoms with E-state index in [2.05, 4.69) is 4.74 Å². The third kappa shape index (κ3) is 5.40.